The molecule has 1 heterocycles. The van der Waals surface area contributed by atoms with E-state index in [-0.39, 0.29) is 0 Å². The minimum absolute atomic E-state index is 0.326. The second-order valence-corrected chi connectivity index (χ2v) is 4.20. The molecule has 0 aliphatic rings. The van der Waals surface area contributed by atoms with Crippen LogP contribution in [0.1, 0.15) is 5.69 Å². The molecule has 3 N–H and O–H groups in total. The largest absolute Gasteiger partial charge is 0.438 e. The highest BCUT2D eigenvalue weighted by atomic mass is 79.9. The number of nitrogen functional groups attached to an aromatic ring is 1. The number of nitrogens with two attached hydrogens (primary N) is 1. The van der Waals surface area contributed by atoms with Crippen molar-refractivity contribution in [3.63, 3.8) is 0 Å². The van der Waals surface area contributed by atoms with Gasteiger partial charge in [-0.2, -0.15) is 4.98 Å². The van der Waals surface area contributed by atoms with Gasteiger partial charge in [0.25, 0.3) is 0 Å². The fourth-order valence-corrected chi connectivity index (χ4v) is 1.66. The Morgan fingerprint density at radius 2 is 2.06 bits per heavy atom. The van der Waals surface area contributed by atoms with E-state index in [9.17, 15) is 0 Å². The fourth-order valence-electron chi connectivity index (χ4n) is 1.30. The van der Waals surface area contributed by atoms with Crippen LogP contribution in [0.4, 0.5) is 5.95 Å². The molecule has 88 valence electrons. The van der Waals surface area contributed by atoms with Crippen molar-refractivity contribution in [1.82, 2.24) is 9.97 Å². The maximum atomic E-state index is 5.64. The van der Waals surface area contributed by atoms with E-state index in [4.69, 9.17) is 10.6 Å². The summed E-state index contributed by atoms with van der Waals surface area (Å²) in [4.78, 5) is 8.18. The van der Waals surface area contributed by atoms with Crippen molar-refractivity contribution < 1.29 is 4.74 Å². The van der Waals surface area contributed by atoms with Gasteiger partial charge in [0.15, 0.2) is 0 Å². The molecule has 0 radical (unpaired) electrons. The molecule has 0 bridgehead atoms. The Hall–Kier alpha value is -1.66. The van der Waals surface area contributed by atoms with E-state index in [1.807, 2.05) is 31.2 Å². The van der Waals surface area contributed by atoms with Gasteiger partial charge in [0.2, 0.25) is 11.8 Å². The van der Waals surface area contributed by atoms with Gasteiger partial charge in [-0.25, -0.2) is 10.8 Å². The van der Waals surface area contributed by atoms with Crippen molar-refractivity contribution in [2.24, 2.45) is 5.84 Å². The molecule has 0 spiro atoms. The van der Waals surface area contributed by atoms with Gasteiger partial charge in [0, 0.05) is 11.8 Å². The molecule has 2 rings (SSSR count). The number of aromatic nitrogens is 2. The van der Waals surface area contributed by atoms with Crippen LogP contribution in [0.3, 0.4) is 0 Å². The number of aryl methyl sites for hydroxylation is 1. The zero-order valence-corrected chi connectivity index (χ0v) is 10.7. The minimum atomic E-state index is 0.326. The molecule has 1 aromatic carbocycles. The highest BCUT2D eigenvalue weighted by Gasteiger charge is 2.05. The molecule has 0 aliphatic heterocycles. The van der Waals surface area contributed by atoms with Crippen molar-refractivity contribution >= 4 is 21.9 Å². The van der Waals surface area contributed by atoms with Gasteiger partial charge in [-0.05, 0) is 35.0 Å². The molecule has 0 atom stereocenters. The molecular formula is C11H11BrN4O. The van der Waals surface area contributed by atoms with Crippen molar-refractivity contribution in [1.29, 1.82) is 0 Å². The maximum Gasteiger partial charge on any atom is 0.240 e. The SMILES string of the molecule is Cc1cc(Oc2ccccc2Br)nc(NN)n1. The average Bonchev–Trinajstić information content (AvgIpc) is 2.31. The van der Waals surface area contributed by atoms with Gasteiger partial charge in [0.05, 0.1) is 4.47 Å². The number of nitrogens with zero attached hydrogens (tertiary/aromatic N) is 2. The Kier molecular flexibility index (Phi) is 3.55. The molecule has 0 saturated carbocycles. The summed E-state index contributed by atoms with van der Waals surface area (Å²) < 4.78 is 6.50. The zero-order valence-electron chi connectivity index (χ0n) is 9.14. The molecule has 6 heteroatoms. The van der Waals surface area contributed by atoms with E-state index in [2.05, 4.69) is 31.3 Å². The first-order chi connectivity index (χ1) is 8.19. The first-order valence-electron chi connectivity index (χ1n) is 4.94. The molecule has 0 amide bonds. The molecular weight excluding hydrogens is 284 g/mol. The number of hydrazine groups is 1. The van der Waals surface area contributed by atoms with Crippen molar-refractivity contribution in [2.75, 3.05) is 5.43 Å². The summed E-state index contributed by atoms with van der Waals surface area (Å²) in [6, 6.07) is 9.27. The fraction of sp³-hybridized carbons (Fsp3) is 0.0909. The van der Waals surface area contributed by atoms with Gasteiger partial charge in [0.1, 0.15) is 5.75 Å². The van der Waals surface area contributed by atoms with Crippen LogP contribution in [0.5, 0.6) is 11.6 Å². The van der Waals surface area contributed by atoms with Gasteiger partial charge in [-0.3, -0.25) is 5.43 Å². The molecule has 17 heavy (non-hydrogen) atoms. The number of hydrogen-bond donors (Lipinski definition) is 2. The maximum absolute atomic E-state index is 5.64. The highest BCUT2D eigenvalue weighted by molar-refractivity contribution is 9.10. The minimum Gasteiger partial charge on any atom is -0.438 e. The standard InChI is InChI=1S/C11H11BrN4O/c1-7-6-10(15-11(14-7)16-13)17-9-5-3-2-4-8(9)12/h2-6H,13H2,1H3,(H,14,15,16). The average molecular weight is 295 g/mol. The molecule has 0 aliphatic carbocycles. The summed E-state index contributed by atoms with van der Waals surface area (Å²) in [6.07, 6.45) is 0. The van der Waals surface area contributed by atoms with Crippen molar-refractivity contribution in [2.45, 2.75) is 6.92 Å². The van der Waals surface area contributed by atoms with E-state index < -0.39 is 0 Å². The third kappa shape index (κ3) is 2.92. The first kappa shape index (κ1) is 11.8. The lowest BCUT2D eigenvalue weighted by Gasteiger charge is -2.08. The first-order valence-corrected chi connectivity index (χ1v) is 5.73. The number of ether oxygens (including phenoxy) is 1. The molecule has 5 nitrogen and oxygen atoms in total. The van der Waals surface area contributed by atoms with Crippen molar-refractivity contribution in [3.05, 3.63) is 40.5 Å². The van der Waals surface area contributed by atoms with E-state index in [0.29, 0.717) is 17.6 Å². The Morgan fingerprint density at radius 1 is 1.29 bits per heavy atom. The summed E-state index contributed by atoms with van der Waals surface area (Å²) in [5.74, 6) is 6.73. The number of rotatable bonds is 3. The Balaban J connectivity index is 2.30. The summed E-state index contributed by atoms with van der Waals surface area (Å²) in [5, 5.41) is 0. The van der Waals surface area contributed by atoms with Gasteiger partial charge in [-0.15, -0.1) is 0 Å². The molecule has 2 aromatic rings. The van der Waals surface area contributed by atoms with Crippen LogP contribution < -0.4 is 16.0 Å². The number of anilines is 1. The molecule has 1 aromatic heterocycles. The lowest BCUT2D eigenvalue weighted by Crippen LogP contribution is -2.11. The van der Waals surface area contributed by atoms with E-state index >= 15 is 0 Å². The van der Waals surface area contributed by atoms with E-state index in [0.717, 1.165) is 10.2 Å². The van der Waals surface area contributed by atoms with Crippen LogP contribution in [-0.2, 0) is 0 Å². The Bertz CT molecular complexity index is 533. The number of benzene rings is 1. The van der Waals surface area contributed by atoms with Crippen LogP contribution in [0.15, 0.2) is 34.8 Å². The third-order valence-corrected chi connectivity index (χ3v) is 2.67. The monoisotopic (exact) mass is 294 g/mol. The van der Waals surface area contributed by atoms with Gasteiger partial charge in [-0.1, -0.05) is 12.1 Å². The lowest BCUT2D eigenvalue weighted by molar-refractivity contribution is 0.459. The van der Waals surface area contributed by atoms with Crippen LogP contribution in [0.2, 0.25) is 0 Å². The van der Waals surface area contributed by atoms with Crippen LogP contribution in [0.25, 0.3) is 0 Å². The van der Waals surface area contributed by atoms with Crippen molar-refractivity contribution in [3.8, 4) is 11.6 Å². The summed E-state index contributed by atoms with van der Waals surface area (Å²) >= 11 is 3.40. The highest BCUT2D eigenvalue weighted by Crippen LogP contribution is 2.28. The summed E-state index contributed by atoms with van der Waals surface area (Å²) in [5.41, 5.74) is 3.17. The number of hydrogen-bond acceptors (Lipinski definition) is 5. The summed E-state index contributed by atoms with van der Waals surface area (Å²) in [7, 11) is 0. The van der Waals surface area contributed by atoms with Crippen LogP contribution in [-0.4, -0.2) is 9.97 Å². The third-order valence-electron chi connectivity index (χ3n) is 2.01. The van der Waals surface area contributed by atoms with E-state index in [1.54, 1.807) is 6.07 Å². The Labute approximate surface area is 107 Å². The Morgan fingerprint density at radius 3 is 2.76 bits per heavy atom. The quantitative estimate of drug-likeness (QED) is 0.672. The lowest BCUT2D eigenvalue weighted by atomic mass is 10.3. The van der Waals surface area contributed by atoms with Gasteiger partial charge < -0.3 is 4.74 Å². The van der Waals surface area contributed by atoms with E-state index in [1.165, 1.54) is 0 Å². The van der Waals surface area contributed by atoms with Crippen LogP contribution >= 0.6 is 15.9 Å². The second kappa shape index (κ2) is 5.11. The number of nitrogens with one attached hydrogen (secondary N) is 1. The number of para-hydroxylation sites is 1. The normalized spacial score (nSPS) is 10.1. The topological polar surface area (TPSA) is 73.1 Å². The van der Waals surface area contributed by atoms with Crippen LogP contribution in [0, 0.1) is 6.92 Å². The smallest absolute Gasteiger partial charge is 0.240 e. The molecule has 0 unspecified atom stereocenters. The molecule has 0 saturated heterocycles. The predicted octanol–water partition coefficient (Wildman–Crippen LogP) is 2.63. The number of halogens is 1. The zero-order chi connectivity index (χ0) is 12.3. The predicted molar refractivity (Wildman–Crippen MR) is 68.8 cm³/mol. The summed E-state index contributed by atoms with van der Waals surface area (Å²) in [6.45, 7) is 1.84. The molecule has 0 fully saturated rings. The second-order valence-electron chi connectivity index (χ2n) is 3.35. The van der Waals surface area contributed by atoms with Gasteiger partial charge >= 0.3 is 0 Å².